The van der Waals surface area contributed by atoms with Crippen molar-refractivity contribution in [1.82, 2.24) is 5.16 Å². The van der Waals surface area contributed by atoms with Crippen molar-refractivity contribution >= 4 is 12.0 Å². The van der Waals surface area contributed by atoms with E-state index in [1.165, 1.54) is 6.07 Å². The van der Waals surface area contributed by atoms with Crippen LogP contribution < -0.4 is 5.32 Å². The van der Waals surface area contributed by atoms with E-state index >= 15 is 0 Å². The molecular formula is C5H6N2O3. The van der Waals surface area contributed by atoms with Gasteiger partial charge in [0.25, 0.3) is 0 Å². The topological polar surface area (TPSA) is 75.4 Å². The molecule has 0 aliphatic rings. The minimum Gasteiger partial charge on any atom is -0.465 e. The molecule has 0 aliphatic heterocycles. The molecule has 0 saturated carbocycles. The minimum absolute atomic E-state index is 0.144. The first kappa shape index (κ1) is 6.60. The molecule has 0 saturated heterocycles. The van der Waals surface area contributed by atoms with Gasteiger partial charge in [0.05, 0.1) is 5.69 Å². The lowest BCUT2D eigenvalue weighted by Gasteiger charge is -1.88. The van der Waals surface area contributed by atoms with Gasteiger partial charge in [0.15, 0.2) is 0 Å². The van der Waals surface area contributed by atoms with Gasteiger partial charge in [0.1, 0.15) is 0 Å². The van der Waals surface area contributed by atoms with E-state index in [1.807, 2.05) is 5.32 Å². The molecule has 1 rings (SSSR count). The highest BCUT2D eigenvalue weighted by atomic mass is 16.5. The molecule has 1 aromatic rings. The van der Waals surface area contributed by atoms with Crippen LogP contribution in [0.5, 0.6) is 0 Å². The largest absolute Gasteiger partial charge is 0.465 e. The molecular weight excluding hydrogens is 136 g/mol. The number of carboxylic acid groups (broad SMARTS) is 1. The number of hydrogen-bond acceptors (Lipinski definition) is 3. The second-order valence-corrected chi connectivity index (χ2v) is 1.76. The fourth-order valence-electron chi connectivity index (χ4n) is 0.528. The molecule has 10 heavy (non-hydrogen) atoms. The van der Waals surface area contributed by atoms with Crippen molar-refractivity contribution in [3.63, 3.8) is 0 Å². The summed E-state index contributed by atoms with van der Waals surface area (Å²) in [6.07, 6.45) is -1.16. The summed E-state index contributed by atoms with van der Waals surface area (Å²) in [5.74, 6) is 0.144. The smallest absolute Gasteiger partial charge is 0.411 e. The van der Waals surface area contributed by atoms with Gasteiger partial charge in [-0.25, -0.2) is 4.79 Å². The molecule has 1 amide bonds. The summed E-state index contributed by atoms with van der Waals surface area (Å²) in [5, 5.41) is 13.7. The van der Waals surface area contributed by atoms with Gasteiger partial charge >= 0.3 is 6.09 Å². The number of hydrogen-bond donors (Lipinski definition) is 2. The Balaban J connectivity index is 2.67. The summed E-state index contributed by atoms with van der Waals surface area (Å²) in [6.45, 7) is 1.70. The van der Waals surface area contributed by atoms with Crippen LogP contribution in [0.3, 0.4) is 0 Å². The lowest BCUT2D eigenvalue weighted by molar-refractivity contribution is 0.208. The molecule has 5 heteroatoms. The Labute approximate surface area is 56.6 Å². The highest BCUT2D eigenvalue weighted by Crippen LogP contribution is 2.06. The highest BCUT2D eigenvalue weighted by molar-refractivity contribution is 5.80. The molecule has 0 radical (unpaired) electrons. The predicted molar refractivity (Wildman–Crippen MR) is 32.9 cm³/mol. The number of rotatable bonds is 1. The van der Waals surface area contributed by atoms with Crippen molar-refractivity contribution in [2.24, 2.45) is 0 Å². The summed E-state index contributed by atoms with van der Waals surface area (Å²) in [4.78, 5) is 9.98. The predicted octanol–water partition coefficient (Wildman–Crippen LogP) is 1.07. The monoisotopic (exact) mass is 142 g/mol. The number of nitrogens with zero attached hydrogens (tertiary/aromatic N) is 1. The molecule has 0 atom stereocenters. The van der Waals surface area contributed by atoms with Gasteiger partial charge in [-0.15, -0.1) is 0 Å². The molecule has 2 N–H and O–H groups in total. The third kappa shape index (κ3) is 1.48. The van der Waals surface area contributed by atoms with E-state index in [0.29, 0.717) is 5.69 Å². The van der Waals surface area contributed by atoms with Crippen LogP contribution in [0.4, 0.5) is 10.7 Å². The lowest BCUT2D eigenvalue weighted by atomic mass is 10.5. The first-order chi connectivity index (χ1) is 4.68. The maximum Gasteiger partial charge on any atom is 0.411 e. The van der Waals surface area contributed by atoms with E-state index in [2.05, 4.69) is 9.68 Å². The number of aryl methyl sites for hydroxylation is 1. The second kappa shape index (κ2) is 2.38. The zero-order chi connectivity index (χ0) is 7.56. The van der Waals surface area contributed by atoms with E-state index in [1.54, 1.807) is 6.92 Å². The van der Waals surface area contributed by atoms with Crippen LogP contribution in [0.1, 0.15) is 5.69 Å². The van der Waals surface area contributed by atoms with Crippen LogP contribution in [-0.4, -0.2) is 16.4 Å². The van der Waals surface area contributed by atoms with Crippen LogP contribution in [0.25, 0.3) is 0 Å². The van der Waals surface area contributed by atoms with Crippen molar-refractivity contribution in [2.75, 3.05) is 5.32 Å². The van der Waals surface area contributed by atoms with Crippen molar-refractivity contribution in [1.29, 1.82) is 0 Å². The number of anilines is 1. The number of carbonyl (C=O) groups is 1. The van der Waals surface area contributed by atoms with Gasteiger partial charge in [0.2, 0.25) is 5.88 Å². The molecule has 0 spiro atoms. The maximum atomic E-state index is 9.98. The fourth-order valence-corrected chi connectivity index (χ4v) is 0.528. The molecule has 1 heterocycles. The Bertz CT molecular complexity index is 243. The van der Waals surface area contributed by atoms with E-state index in [-0.39, 0.29) is 5.88 Å². The highest BCUT2D eigenvalue weighted by Gasteiger charge is 2.01. The van der Waals surface area contributed by atoms with Gasteiger partial charge in [0, 0.05) is 6.07 Å². The van der Waals surface area contributed by atoms with Crippen LogP contribution in [-0.2, 0) is 0 Å². The molecule has 54 valence electrons. The van der Waals surface area contributed by atoms with Gasteiger partial charge in [-0.2, -0.15) is 0 Å². The zero-order valence-corrected chi connectivity index (χ0v) is 5.29. The molecule has 1 aromatic heterocycles. The van der Waals surface area contributed by atoms with Crippen molar-refractivity contribution in [3.8, 4) is 0 Å². The second-order valence-electron chi connectivity index (χ2n) is 1.76. The molecule has 0 bridgehead atoms. The van der Waals surface area contributed by atoms with Gasteiger partial charge in [-0.3, -0.25) is 5.32 Å². The third-order valence-electron chi connectivity index (χ3n) is 0.858. The first-order valence-corrected chi connectivity index (χ1v) is 2.62. The van der Waals surface area contributed by atoms with E-state index in [0.717, 1.165) is 0 Å². The van der Waals surface area contributed by atoms with E-state index < -0.39 is 6.09 Å². The summed E-state index contributed by atoms with van der Waals surface area (Å²) in [5.41, 5.74) is 0.642. The molecule has 5 nitrogen and oxygen atoms in total. The first-order valence-electron chi connectivity index (χ1n) is 2.62. The zero-order valence-electron chi connectivity index (χ0n) is 5.29. The van der Waals surface area contributed by atoms with Crippen LogP contribution >= 0.6 is 0 Å². The minimum atomic E-state index is -1.16. The standard InChI is InChI=1S/C5H6N2O3/c1-3-2-4(10-7-3)6-5(8)9/h2,6H,1H3,(H,8,9). The Hall–Kier alpha value is -1.52. The van der Waals surface area contributed by atoms with Crippen molar-refractivity contribution in [2.45, 2.75) is 6.92 Å². The summed E-state index contributed by atoms with van der Waals surface area (Å²) in [6, 6.07) is 1.49. The number of nitrogens with one attached hydrogen (secondary N) is 1. The van der Waals surface area contributed by atoms with Gasteiger partial charge < -0.3 is 9.63 Å². The normalized spacial score (nSPS) is 9.30. The number of amides is 1. The summed E-state index contributed by atoms with van der Waals surface area (Å²) < 4.78 is 4.53. The molecule has 0 fully saturated rings. The third-order valence-corrected chi connectivity index (χ3v) is 0.858. The SMILES string of the molecule is Cc1cc(NC(=O)O)on1. The maximum absolute atomic E-state index is 9.98. The van der Waals surface area contributed by atoms with Crippen molar-refractivity contribution < 1.29 is 14.4 Å². The van der Waals surface area contributed by atoms with Crippen LogP contribution in [0.15, 0.2) is 10.6 Å². The Morgan fingerprint density at radius 3 is 3.00 bits per heavy atom. The van der Waals surface area contributed by atoms with Gasteiger partial charge in [-0.1, -0.05) is 5.16 Å². The Morgan fingerprint density at radius 1 is 1.90 bits per heavy atom. The van der Waals surface area contributed by atoms with Crippen LogP contribution in [0, 0.1) is 6.92 Å². The van der Waals surface area contributed by atoms with Gasteiger partial charge in [-0.05, 0) is 6.92 Å². The Morgan fingerprint density at radius 2 is 2.60 bits per heavy atom. The average Bonchev–Trinajstić information content (AvgIpc) is 2.13. The fraction of sp³-hybridized carbons (Fsp3) is 0.200. The summed E-state index contributed by atoms with van der Waals surface area (Å²) in [7, 11) is 0. The Kier molecular flexibility index (Phi) is 1.57. The lowest BCUT2D eigenvalue weighted by Crippen LogP contribution is -2.05. The summed E-state index contributed by atoms with van der Waals surface area (Å²) >= 11 is 0. The average molecular weight is 142 g/mol. The quantitative estimate of drug-likeness (QED) is 0.615. The van der Waals surface area contributed by atoms with E-state index in [9.17, 15) is 4.79 Å². The van der Waals surface area contributed by atoms with E-state index in [4.69, 9.17) is 5.11 Å². The van der Waals surface area contributed by atoms with Crippen LogP contribution in [0.2, 0.25) is 0 Å². The molecule has 0 unspecified atom stereocenters. The molecule has 0 aliphatic carbocycles. The molecule has 0 aromatic carbocycles. The van der Waals surface area contributed by atoms with Crippen molar-refractivity contribution in [3.05, 3.63) is 11.8 Å². The number of aromatic nitrogens is 1.